The van der Waals surface area contributed by atoms with Crippen molar-refractivity contribution in [2.24, 2.45) is 10.7 Å². The van der Waals surface area contributed by atoms with E-state index in [1.54, 1.807) is 29.2 Å². The van der Waals surface area contributed by atoms with Crippen LogP contribution in [0.5, 0.6) is 0 Å². The molecular weight excluding hydrogens is 382 g/mol. The standard InChI is InChI=1S/C14H12BrN5O2S/c15-12-9(1-2-11-13(12)17-6-23-11)20-14(16)10(22-7-21)3-8-4-18-19-5-8/h1-2,4-7,10H,3H2,(H2,16,20)(H,18,19). The number of nitrogens with two attached hydrogens (primary N) is 1. The van der Waals surface area contributed by atoms with Gasteiger partial charge in [-0.15, -0.1) is 11.3 Å². The second-order valence-corrected chi connectivity index (χ2v) is 6.35. The third-order valence-corrected chi connectivity index (χ3v) is 4.77. The molecule has 118 valence electrons. The summed E-state index contributed by atoms with van der Waals surface area (Å²) in [4.78, 5) is 19.4. The zero-order valence-corrected chi connectivity index (χ0v) is 14.2. The smallest absolute Gasteiger partial charge is 0.293 e. The Kier molecular flexibility index (Phi) is 4.68. The van der Waals surface area contributed by atoms with Crippen molar-refractivity contribution < 1.29 is 9.53 Å². The van der Waals surface area contributed by atoms with E-state index in [1.165, 1.54) is 0 Å². The fourth-order valence-corrected chi connectivity index (χ4v) is 3.43. The maximum atomic E-state index is 10.7. The molecule has 2 aromatic heterocycles. The molecule has 0 aliphatic rings. The van der Waals surface area contributed by atoms with Crippen LogP contribution in [0.1, 0.15) is 5.56 Å². The number of benzene rings is 1. The van der Waals surface area contributed by atoms with Crippen molar-refractivity contribution in [1.29, 1.82) is 0 Å². The molecule has 0 aliphatic carbocycles. The van der Waals surface area contributed by atoms with Crippen molar-refractivity contribution in [3.8, 4) is 0 Å². The lowest BCUT2D eigenvalue weighted by molar-refractivity contribution is -0.130. The third kappa shape index (κ3) is 3.40. The number of carbonyl (C=O) groups is 1. The highest BCUT2D eigenvalue weighted by atomic mass is 79.9. The van der Waals surface area contributed by atoms with Gasteiger partial charge in [0.25, 0.3) is 6.47 Å². The van der Waals surface area contributed by atoms with Gasteiger partial charge in [0.1, 0.15) is 5.84 Å². The molecule has 0 aliphatic heterocycles. The van der Waals surface area contributed by atoms with Gasteiger partial charge in [-0.25, -0.2) is 9.98 Å². The number of aromatic amines is 1. The molecule has 1 aromatic carbocycles. The summed E-state index contributed by atoms with van der Waals surface area (Å²) in [7, 11) is 0. The van der Waals surface area contributed by atoms with Crippen LogP contribution in [0.3, 0.4) is 0 Å². The van der Waals surface area contributed by atoms with Gasteiger partial charge in [0.05, 0.1) is 32.1 Å². The number of aliphatic imine (C=N–C) groups is 1. The lowest BCUT2D eigenvalue weighted by Gasteiger charge is -2.14. The zero-order chi connectivity index (χ0) is 16.2. The molecule has 7 nitrogen and oxygen atoms in total. The number of nitrogens with one attached hydrogen (secondary N) is 1. The first-order valence-electron chi connectivity index (χ1n) is 6.61. The summed E-state index contributed by atoms with van der Waals surface area (Å²) in [5, 5.41) is 6.56. The molecule has 9 heteroatoms. The van der Waals surface area contributed by atoms with Crippen molar-refractivity contribution in [3.05, 3.63) is 40.1 Å². The van der Waals surface area contributed by atoms with Gasteiger partial charge < -0.3 is 10.5 Å². The highest BCUT2D eigenvalue weighted by molar-refractivity contribution is 9.10. The molecule has 3 N–H and O–H groups in total. The van der Waals surface area contributed by atoms with Crippen molar-refractivity contribution >= 4 is 55.5 Å². The minimum atomic E-state index is -0.664. The van der Waals surface area contributed by atoms with Gasteiger partial charge in [-0.3, -0.25) is 9.89 Å². The number of carbonyl (C=O) groups excluding carboxylic acids is 1. The summed E-state index contributed by atoms with van der Waals surface area (Å²) in [5.41, 5.74) is 10.1. The fourth-order valence-electron chi connectivity index (χ4n) is 2.08. The first kappa shape index (κ1) is 15.6. The van der Waals surface area contributed by atoms with Crippen LogP contribution >= 0.6 is 27.3 Å². The molecule has 0 spiro atoms. The van der Waals surface area contributed by atoms with Crippen molar-refractivity contribution in [3.63, 3.8) is 0 Å². The quantitative estimate of drug-likeness (QED) is 0.380. The summed E-state index contributed by atoms with van der Waals surface area (Å²) in [6.45, 7) is 0.367. The van der Waals surface area contributed by atoms with E-state index in [9.17, 15) is 4.79 Å². The monoisotopic (exact) mass is 393 g/mol. The van der Waals surface area contributed by atoms with E-state index >= 15 is 0 Å². The Hall–Kier alpha value is -2.26. The molecule has 0 saturated heterocycles. The lowest BCUT2D eigenvalue weighted by Crippen LogP contribution is -2.33. The largest absolute Gasteiger partial charge is 0.456 e. The minimum absolute atomic E-state index is 0.202. The highest BCUT2D eigenvalue weighted by Crippen LogP contribution is 2.34. The molecule has 2 heterocycles. The Morgan fingerprint density at radius 1 is 1.57 bits per heavy atom. The van der Waals surface area contributed by atoms with Crippen LogP contribution in [-0.2, 0) is 16.0 Å². The van der Waals surface area contributed by atoms with Crippen molar-refractivity contribution in [2.45, 2.75) is 12.5 Å². The number of aromatic nitrogens is 3. The predicted molar refractivity (Wildman–Crippen MR) is 91.8 cm³/mol. The van der Waals surface area contributed by atoms with Gasteiger partial charge in [-0.1, -0.05) is 0 Å². The number of rotatable bonds is 6. The van der Waals surface area contributed by atoms with E-state index in [1.807, 2.05) is 12.1 Å². The molecule has 3 rings (SSSR count). The number of thiazole rings is 1. The number of fused-ring (bicyclic) bond motifs is 1. The summed E-state index contributed by atoms with van der Waals surface area (Å²) in [6, 6.07) is 3.77. The molecule has 0 saturated carbocycles. The molecule has 0 bridgehead atoms. The van der Waals surface area contributed by atoms with Crippen LogP contribution < -0.4 is 5.73 Å². The summed E-state index contributed by atoms with van der Waals surface area (Å²) < 4.78 is 6.86. The second kappa shape index (κ2) is 6.88. The molecule has 1 unspecified atom stereocenters. The normalized spacial score (nSPS) is 13.2. The maximum absolute atomic E-state index is 10.7. The second-order valence-electron chi connectivity index (χ2n) is 4.67. The number of hydrogen-bond donors (Lipinski definition) is 2. The van der Waals surface area contributed by atoms with E-state index < -0.39 is 6.10 Å². The summed E-state index contributed by atoms with van der Waals surface area (Å²) in [6.07, 6.45) is 3.08. The first-order chi connectivity index (χ1) is 11.2. The van der Waals surface area contributed by atoms with Crippen molar-refractivity contribution in [1.82, 2.24) is 15.2 Å². The Bertz CT molecular complexity index is 846. The topological polar surface area (TPSA) is 106 Å². The average molecular weight is 394 g/mol. The molecule has 3 aromatic rings. The van der Waals surface area contributed by atoms with E-state index in [0.717, 1.165) is 20.3 Å². The lowest BCUT2D eigenvalue weighted by atomic mass is 10.1. The average Bonchev–Trinajstić information content (AvgIpc) is 3.21. The number of H-pyrrole nitrogens is 1. The molecule has 1 atom stereocenters. The minimum Gasteiger partial charge on any atom is -0.456 e. The van der Waals surface area contributed by atoms with Gasteiger partial charge in [0.15, 0.2) is 6.10 Å². The zero-order valence-electron chi connectivity index (χ0n) is 11.8. The van der Waals surface area contributed by atoms with Crippen LogP contribution in [0.15, 0.2) is 39.5 Å². The number of hydrogen-bond acceptors (Lipinski definition) is 6. The van der Waals surface area contributed by atoms with Crippen LogP contribution in [0.2, 0.25) is 0 Å². The molecule has 23 heavy (non-hydrogen) atoms. The van der Waals surface area contributed by atoms with Gasteiger partial charge >= 0.3 is 0 Å². The summed E-state index contributed by atoms with van der Waals surface area (Å²) in [5.74, 6) is 0.202. The summed E-state index contributed by atoms with van der Waals surface area (Å²) >= 11 is 5.04. The molecule has 0 radical (unpaired) electrons. The van der Waals surface area contributed by atoms with E-state index in [-0.39, 0.29) is 5.84 Å². The number of ether oxygens (including phenoxy) is 1. The number of amidine groups is 1. The molecular formula is C14H12BrN5O2S. The van der Waals surface area contributed by atoms with Gasteiger partial charge in [-0.05, 0) is 33.6 Å². The van der Waals surface area contributed by atoms with Crippen LogP contribution in [0.4, 0.5) is 5.69 Å². The Labute approximate surface area is 143 Å². The number of halogens is 1. The Morgan fingerprint density at radius 2 is 2.43 bits per heavy atom. The first-order valence-corrected chi connectivity index (χ1v) is 8.29. The van der Waals surface area contributed by atoms with E-state index in [0.29, 0.717) is 18.6 Å². The van der Waals surface area contributed by atoms with Gasteiger partial charge in [0, 0.05) is 12.6 Å². The fraction of sp³-hybridized carbons (Fsp3) is 0.143. The van der Waals surface area contributed by atoms with Crippen LogP contribution in [0.25, 0.3) is 10.2 Å². The molecule has 0 fully saturated rings. The SMILES string of the molecule is NC(=Nc1ccc2scnc2c1Br)C(Cc1cn[nH]c1)OC=O. The maximum Gasteiger partial charge on any atom is 0.293 e. The Balaban J connectivity index is 1.90. The molecule has 0 amide bonds. The number of nitrogens with zero attached hydrogens (tertiary/aromatic N) is 3. The van der Waals surface area contributed by atoms with E-state index in [4.69, 9.17) is 10.5 Å². The van der Waals surface area contributed by atoms with Crippen molar-refractivity contribution in [2.75, 3.05) is 0 Å². The van der Waals surface area contributed by atoms with Gasteiger partial charge in [-0.2, -0.15) is 5.10 Å². The predicted octanol–water partition coefficient (Wildman–Crippen LogP) is 2.55. The third-order valence-electron chi connectivity index (χ3n) is 3.20. The van der Waals surface area contributed by atoms with Gasteiger partial charge in [0.2, 0.25) is 0 Å². The van der Waals surface area contributed by atoms with E-state index in [2.05, 4.69) is 36.1 Å². The van der Waals surface area contributed by atoms with Crippen LogP contribution in [-0.4, -0.2) is 33.6 Å². The van der Waals surface area contributed by atoms with Crippen LogP contribution in [0, 0.1) is 0 Å². The highest BCUT2D eigenvalue weighted by Gasteiger charge is 2.17. The Morgan fingerprint density at radius 3 is 3.17 bits per heavy atom.